The summed E-state index contributed by atoms with van der Waals surface area (Å²) in [6, 6.07) is 0. The second-order valence-electron chi connectivity index (χ2n) is 5.55. The summed E-state index contributed by atoms with van der Waals surface area (Å²) >= 11 is 0. The van der Waals surface area contributed by atoms with E-state index in [2.05, 4.69) is 37.3 Å². The molecule has 0 radical (unpaired) electrons. The molecule has 1 unspecified atom stereocenters. The van der Waals surface area contributed by atoms with E-state index in [0.29, 0.717) is 12.8 Å². The zero-order valence-electron chi connectivity index (χ0n) is 14.4. The zero-order chi connectivity index (χ0) is 17.2. The molecule has 0 saturated carbocycles. The summed E-state index contributed by atoms with van der Waals surface area (Å²) in [5, 5.41) is 18.2. The van der Waals surface area contributed by atoms with Crippen LogP contribution < -0.4 is 0 Å². The predicted molar refractivity (Wildman–Crippen MR) is 97.4 cm³/mol. The second-order valence-corrected chi connectivity index (χ2v) is 5.55. The fraction of sp³-hybridized carbons (Fsp3) is 0.550. The van der Waals surface area contributed by atoms with Crippen molar-refractivity contribution < 1.29 is 15.0 Å². The summed E-state index contributed by atoms with van der Waals surface area (Å²) in [5.74, 6) is -0.730. The zero-order valence-corrected chi connectivity index (χ0v) is 14.4. The van der Waals surface area contributed by atoms with Crippen LogP contribution in [-0.2, 0) is 4.79 Å². The van der Waals surface area contributed by atoms with Crippen molar-refractivity contribution in [1.29, 1.82) is 0 Å². The SMILES string of the molecule is CCCC/C=C/C(O)C/C=C/C/C=C/C/C=C/CCCC(=O)O. The second kappa shape index (κ2) is 16.8. The fourth-order valence-corrected chi connectivity index (χ4v) is 1.92. The van der Waals surface area contributed by atoms with Gasteiger partial charge in [0, 0.05) is 6.42 Å². The first-order valence-electron chi connectivity index (χ1n) is 8.68. The van der Waals surface area contributed by atoms with Crippen LogP contribution in [0.25, 0.3) is 0 Å². The van der Waals surface area contributed by atoms with Gasteiger partial charge in [0.05, 0.1) is 6.10 Å². The van der Waals surface area contributed by atoms with Gasteiger partial charge in [-0.15, -0.1) is 0 Å². The molecule has 0 aromatic rings. The van der Waals surface area contributed by atoms with Crippen molar-refractivity contribution in [2.24, 2.45) is 0 Å². The van der Waals surface area contributed by atoms with Crippen LogP contribution in [0.15, 0.2) is 48.6 Å². The van der Waals surface area contributed by atoms with E-state index in [1.165, 1.54) is 12.8 Å². The number of aliphatic carboxylic acids is 1. The van der Waals surface area contributed by atoms with Gasteiger partial charge in [0.25, 0.3) is 0 Å². The minimum atomic E-state index is -0.730. The van der Waals surface area contributed by atoms with Crippen molar-refractivity contribution in [2.75, 3.05) is 0 Å². The number of rotatable bonds is 14. The van der Waals surface area contributed by atoms with Gasteiger partial charge < -0.3 is 10.2 Å². The number of carboxylic acid groups (broad SMARTS) is 1. The van der Waals surface area contributed by atoms with E-state index in [9.17, 15) is 9.90 Å². The monoisotopic (exact) mass is 320 g/mol. The maximum atomic E-state index is 10.3. The number of carbonyl (C=O) groups is 1. The number of aliphatic hydroxyl groups is 1. The summed E-state index contributed by atoms with van der Waals surface area (Å²) < 4.78 is 0. The lowest BCUT2D eigenvalue weighted by atomic mass is 10.1. The first-order valence-corrected chi connectivity index (χ1v) is 8.68. The normalized spacial score (nSPS) is 13.8. The smallest absolute Gasteiger partial charge is 0.303 e. The van der Waals surface area contributed by atoms with Crippen molar-refractivity contribution >= 4 is 5.97 Å². The average molecular weight is 320 g/mol. The highest BCUT2D eigenvalue weighted by molar-refractivity contribution is 5.66. The lowest BCUT2D eigenvalue weighted by molar-refractivity contribution is -0.137. The summed E-state index contributed by atoms with van der Waals surface area (Å²) in [6.45, 7) is 2.16. The maximum absolute atomic E-state index is 10.3. The van der Waals surface area contributed by atoms with Crippen LogP contribution in [0, 0.1) is 0 Å². The van der Waals surface area contributed by atoms with Crippen LogP contribution in [0.5, 0.6) is 0 Å². The van der Waals surface area contributed by atoms with Gasteiger partial charge in [-0.25, -0.2) is 0 Å². The number of hydrogen-bond donors (Lipinski definition) is 2. The Kier molecular flexibility index (Phi) is 15.6. The van der Waals surface area contributed by atoms with Crippen LogP contribution >= 0.6 is 0 Å². The highest BCUT2D eigenvalue weighted by Crippen LogP contribution is 2.01. The van der Waals surface area contributed by atoms with Gasteiger partial charge in [-0.05, 0) is 38.5 Å². The molecule has 1 atom stereocenters. The van der Waals surface area contributed by atoms with Gasteiger partial charge in [0.15, 0.2) is 0 Å². The van der Waals surface area contributed by atoms with Gasteiger partial charge in [-0.3, -0.25) is 4.79 Å². The van der Waals surface area contributed by atoms with E-state index in [4.69, 9.17) is 5.11 Å². The lowest BCUT2D eigenvalue weighted by Gasteiger charge is -1.99. The molecule has 0 aliphatic rings. The molecular weight excluding hydrogens is 288 g/mol. The molecule has 2 N–H and O–H groups in total. The van der Waals surface area contributed by atoms with E-state index in [0.717, 1.165) is 25.7 Å². The average Bonchev–Trinajstić information content (AvgIpc) is 2.52. The molecule has 0 aromatic carbocycles. The van der Waals surface area contributed by atoms with E-state index < -0.39 is 5.97 Å². The van der Waals surface area contributed by atoms with Crippen molar-refractivity contribution in [3.05, 3.63) is 48.6 Å². The Morgan fingerprint density at radius 2 is 1.52 bits per heavy atom. The molecular formula is C20H32O3. The summed E-state index contributed by atoms with van der Waals surface area (Å²) in [7, 11) is 0. The summed E-state index contributed by atoms with van der Waals surface area (Å²) in [4.78, 5) is 10.3. The Balaban J connectivity index is 3.56. The Morgan fingerprint density at radius 1 is 0.913 bits per heavy atom. The molecule has 3 nitrogen and oxygen atoms in total. The molecule has 0 aliphatic heterocycles. The first-order chi connectivity index (χ1) is 11.2. The number of aliphatic hydroxyl groups excluding tert-OH is 1. The minimum Gasteiger partial charge on any atom is -0.481 e. The molecule has 3 heteroatoms. The van der Waals surface area contributed by atoms with Crippen LogP contribution in [0.1, 0.15) is 64.7 Å². The molecule has 23 heavy (non-hydrogen) atoms. The molecule has 0 saturated heterocycles. The molecule has 0 heterocycles. The van der Waals surface area contributed by atoms with Gasteiger partial charge >= 0.3 is 5.97 Å². The number of carboxylic acids is 1. The minimum absolute atomic E-state index is 0.241. The van der Waals surface area contributed by atoms with Crippen molar-refractivity contribution in [1.82, 2.24) is 0 Å². The Bertz CT molecular complexity index is 392. The third-order valence-corrected chi connectivity index (χ3v) is 3.27. The van der Waals surface area contributed by atoms with E-state index >= 15 is 0 Å². The highest BCUT2D eigenvalue weighted by Gasteiger charge is 1.94. The lowest BCUT2D eigenvalue weighted by Crippen LogP contribution is -1.98. The van der Waals surface area contributed by atoms with Gasteiger partial charge in [-0.1, -0.05) is 68.4 Å². The summed E-state index contributed by atoms with van der Waals surface area (Å²) in [5.41, 5.74) is 0. The molecule has 130 valence electrons. The van der Waals surface area contributed by atoms with E-state index in [1.54, 1.807) is 0 Å². The molecule has 0 rings (SSSR count). The van der Waals surface area contributed by atoms with Crippen LogP contribution in [0.2, 0.25) is 0 Å². The fourth-order valence-electron chi connectivity index (χ4n) is 1.92. The van der Waals surface area contributed by atoms with Crippen LogP contribution in [0.3, 0.4) is 0 Å². The standard InChI is InChI=1S/C20H32O3/c1-2-3-4-13-16-19(21)17-14-11-9-7-5-6-8-10-12-15-18-20(22)23/h5,7-8,10-11,13-14,16,19,21H,2-4,6,9,12,15,17-18H2,1H3,(H,22,23)/b7-5+,10-8+,14-11+,16-13+. The molecule has 0 aliphatic carbocycles. The van der Waals surface area contributed by atoms with Gasteiger partial charge in [0.1, 0.15) is 0 Å². The first kappa shape index (κ1) is 21.4. The third-order valence-electron chi connectivity index (χ3n) is 3.27. The topological polar surface area (TPSA) is 57.5 Å². The molecule has 0 amide bonds. The summed E-state index contributed by atoms with van der Waals surface area (Å²) in [6.07, 6.45) is 23.5. The Labute approximate surface area is 141 Å². The Hall–Kier alpha value is -1.61. The number of allylic oxidation sites excluding steroid dienone is 6. The third kappa shape index (κ3) is 18.3. The highest BCUT2D eigenvalue weighted by atomic mass is 16.4. The quantitative estimate of drug-likeness (QED) is 0.342. The van der Waals surface area contributed by atoms with Gasteiger partial charge in [-0.2, -0.15) is 0 Å². The van der Waals surface area contributed by atoms with E-state index in [-0.39, 0.29) is 12.5 Å². The largest absolute Gasteiger partial charge is 0.481 e. The molecule has 0 aromatic heterocycles. The van der Waals surface area contributed by atoms with Crippen LogP contribution in [0.4, 0.5) is 0 Å². The van der Waals surface area contributed by atoms with Crippen molar-refractivity contribution in [3.63, 3.8) is 0 Å². The van der Waals surface area contributed by atoms with Crippen molar-refractivity contribution in [3.8, 4) is 0 Å². The molecule has 0 spiro atoms. The number of unbranched alkanes of at least 4 members (excludes halogenated alkanes) is 3. The van der Waals surface area contributed by atoms with Crippen molar-refractivity contribution in [2.45, 2.75) is 70.8 Å². The van der Waals surface area contributed by atoms with Crippen LogP contribution in [-0.4, -0.2) is 22.3 Å². The predicted octanol–water partition coefficient (Wildman–Crippen LogP) is 5.19. The number of hydrogen-bond acceptors (Lipinski definition) is 2. The Morgan fingerprint density at radius 3 is 2.17 bits per heavy atom. The van der Waals surface area contributed by atoms with Gasteiger partial charge in [0.2, 0.25) is 0 Å². The molecule has 0 fully saturated rings. The molecule has 0 bridgehead atoms. The maximum Gasteiger partial charge on any atom is 0.303 e. The van der Waals surface area contributed by atoms with E-state index in [1.807, 2.05) is 18.2 Å².